The van der Waals surface area contributed by atoms with Crippen LogP contribution in [0.1, 0.15) is 37.4 Å². The molecule has 0 aliphatic carbocycles. The molecule has 3 N–H and O–H groups in total. The maximum Gasteiger partial charge on any atom is 0.122 e. The van der Waals surface area contributed by atoms with E-state index in [0.717, 1.165) is 25.2 Å². The molecule has 3 heteroatoms. The quantitative estimate of drug-likeness (QED) is 0.819. The van der Waals surface area contributed by atoms with Crippen molar-refractivity contribution in [1.82, 2.24) is 5.32 Å². The van der Waals surface area contributed by atoms with Gasteiger partial charge in [0, 0.05) is 25.0 Å². The van der Waals surface area contributed by atoms with Crippen LogP contribution in [0, 0.1) is 0 Å². The molecule has 0 saturated carbocycles. The molecule has 1 aromatic carbocycles. The monoisotopic (exact) mass is 234 g/mol. The molecule has 1 aliphatic rings. The van der Waals surface area contributed by atoms with Gasteiger partial charge in [-0.1, -0.05) is 19.1 Å². The molecular formula is C14H22N2O. The van der Waals surface area contributed by atoms with Crippen LogP contribution in [-0.2, 0) is 6.42 Å². The molecule has 0 radical (unpaired) electrons. The Kier molecular flexibility index (Phi) is 4.02. The summed E-state index contributed by atoms with van der Waals surface area (Å²) in [6.07, 6.45) is 2.13. The molecule has 2 rings (SSSR count). The van der Waals surface area contributed by atoms with Crippen molar-refractivity contribution in [1.29, 1.82) is 0 Å². The van der Waals surface area contributed by atoms with Gasteiger partial charge in [-0.05, 0) is 30.5 Å². The fourth-order valence-corrected chi connectivity index (χ4v) is 2.18. The van der Waals surface area contributed by atoms with Gasteiger partial charge in [-0.3, -0.25) is 0 Å². The molecule has 0 fully saturated rings. The Morgan fingerprint density at radius 3 is 3.00 bits per heavy atom. The van der Waals surface area contributed by atoms with Crippen molar-refractivity contribution in [3.05, 3.63) is 29.3 Å². The summed E-state index contributed by atoms with van der Waals surface area (Å²) >= 11 is 0. The first-order valence-electron chi connectivity index (χ1n) is 6.46. The van der Waals surface area contributed by atoms with Crippen LogP contribution < -0.4 is 15.8 Å². The Bertz CT molecular complexity index is 378. The van der Waals surface area contributed by atoms with E-state index in [1.807, 2.05) is 0 Å². The molecule has 0 amide bonds. The van der Waals surface area contributed by atoms with Crippen molar-refractivity contribution in [2.45, 2.75) is 38.8 Å². The van der Waals surface area contributed by atoms with E-state index in [1.54, 1.807) is 0 Å². The molecule has 2 unspecified atom stereocenters. The second-order valence-corrected chi connectivity index (χ2v) is 4.73. The van der Waals surface area contributed by atoms with Crippen LogP contribution in [0.5, 0.6) is 5.75 Å². The third kappa shape index (κ3) is 2.79. The van der Waals surface area contributed by atoms with Gasteiger partial charge in [0.1, 0.15) is 5.75 Å². The van der Waals surface area contributed by atoms with Crippen LogP contribution in [0.15, 0.2) is 18.2 Å². The highest BCUT2D eigenvalue weighted by molar-refractivity contribution is 5.40. The molecule has 2 atom stereocenters. The lowest BCUT2D eigenvalue weighted by Crippen LogP contribution is -2.34. The molecule has 17 heavy (non-hydrogen) atoms. The smallest absolute Gasteiger partial charge is 0.122 e. The topological polar surface area (TPSA) is 47.3 Å². The summed E-state index contributed by atoms with van der Waals surface area (Å²) in [4.78, 5) is 0. The first-order chi connectivity index (χ1) is 8.24. The van der Waals surface area contributed by atoms with Gasteiger partial charge in [-0.25, -0.2) is 0 Å². The summed E-state index contributed by atoms with van der Waals surface area (Å²) in [7, 11) is 0. The van der Waals surface area contributed by atoms with E-state index < -0.39 is 0 Å². The van der Waals surface area contributed by atoms with Crippen molar-refractivity contribution in [2.75, 3.05) is 13.2 Å². The zero-order valence-electron chi connectivity index (χ0n) is 10.7. The standard InChI is InChI=1S/C14H22N2O/c1-3-10(2)16-13(9-15)11-4-5-14-12(8-11)6-7-17-14/h4-5,8,10,13,16H,3,6-7,9,15H2,1-2H3. The third-order valence-corrected chi connectivity index (χ3v) is 3.45. The molecular weight excluding hydrogens is 212 g/mol. The van der Waals surface area contributed by atoms with E-state index >= 15 is 0 Å². The second kappa shape index (κ2) is 5.52. The average molecular weight is 234 g/mol. The minimum Gasteiger partial charge on any atom is -0.493 e. The molecule has 0 spiro atoms. The summed E-state index contributed by atoms with van der Waals surface area (Å²) in [6.45, 7) is 5.82. The Morgan fingerprint density at radius 2 is 2.29 bits per heavy atom. The molecule has 0 bridgehead atoms. The number of nitrogens with two attached hydrogens (primary N) is 1. The Labute approximate surface area is 103 Å². The highest BCUT2D eigenvalue weighted by Gasteiger charge is 2.16. The van der Waals surface area contributed by atoms with Crippen LogP contribution in [0.4, 0.5) is 0 Å². The number of rotatable bonds is 5. The summed E-state index contributed by atoms with van der Waals surface area (Å²) in [6, 6.07) is 7.16. The normalized spacial score (nSPS) is 17.4. The summed E-state index contributed by atoms with van der Waals surface area (Å²) in [5.41, 5.74) is 8.45. The highest BCUT2D eigenvalue weighted by Crippen LogP contribution is 2.28. The van der Waals surface area contributed by atoms with Gasteiger partial charge in [0.2, 0.25) is 0 Å². The summed E-state index contributed by atoms with van der Waals surface area (Å²) < 4.78 is 5.52. The predicted molar refractivity (Wildman–Crippen MR) is 70.3 cm³/mol. The lowest BCUT2D eigenvalue weighted by atomic mass is 10.0. The van der Waals surface area contributed by atoms with Gasteiger partial charge < -0.3 is 15.8 Å². The first-order valence-corrected chi connectivity index (χ1v) is 6.46. The highest BCUT2D eigenvalue weighted by atomic mass is 16.5. The molecule has 1 heterocycles. The maximum absolute atomic E-state index is 5.86. The van der Waals surface area contributed by atoms with E-state index in [4.69, 9.17) is 10.5 Å². The second-order valence-electron chi connectivity index (χ2n) is 4.73. The lowest BCUT2D eigenvalue weighted by Gasteiger charge is -2.22. The molecule has 1 aliphatic heterocycles. The van der Waals surface area contributed by atoms with E-state index in [9.17, 15) is 0 Å². The zero-order chi connectivity index (χ0) is 12.3. The SMILES string of the molecule is CCC(C)NC(CN)c1ccc2c(c1)CCO2. The van der Waals surface area contributed by atoms with Crippen LogP contribution in [-0.4, -0.2) is 19.2 Å². The largest absolute Gasteiger partial charge is 0.493 e. The number of fused-ring (bicyclic) bond motifs is 1. The predicted octanol–water partition coefficient (Wildman–Crippen LogP) is 2.01. The minimum absolute atomic E-state index is 0.246. The van der Waals surface area contributed by atoms with Gasteiger partial charge >= 0.3 is 0 Å². The van der Waals surface area contributed by atoms with Crippen LogP contribution in [0.2, 0.25) is 0 Å². The Balaban J connectivity index is 2.14. The third-order valence-electron chi connectivity index (χ3n) is 3.45. The van der Waals surface area contributed by atoms with Gasteiger partial charge in [-0.2, -0.15) is 0 Å². The Morgan fingerprint density at radius 1 is 1.47 bits per heavy atom. The Hall–Kier alpha value is -1.06. The van der Waals surface area contributed by atoms with Crippen molar-refractivity contribution in [3.63, 3.8) is 0 Å². The van der Waals surface area contributed by atoms with Gasteiger partial charge in [0.25, 0.3) is 0 Å². The lowest BCUT2D eigenvalue weighted by molar-refractivity contribution is 0.356. The summed E-state index contributed by atoms with van der Waals surface area (Å²) in [5, 5.41) is 3.56. The van der Waals surface area contributed by atoms with Crippen molar-refractivity contribution in [2.24, 2.45) is 5.73 Å². The summed E-state index contributed by atoms with van der Waals surface area (Å²) in [5.74, 6) is 1.04. The molecule has 94 valence electrons. The number of hydrogen-bond acceptors (Lipinski definition) is 3. The number of benzene rings is 1. The van der Waals surface area contributed by atoms with Crippen LogP contribution in [0.25, 0.3) is 0 Å². The van der Waals surface area contributed by atoms with E-state index in [-0.39, 0.29) is 6.04 Å². The number of nitrogens with one attached hydrogen (secondary N) is 1. The fraction of sp³-hybridized carbons (Fsp3) is 0.571. The van der Waals surface area contributed by atoms with Crippen LogP contribution in [0.3, 0.4) is 0 Å². The first kappa shape index (κ1) is 12.4. The maximum atomic E-state index is 5.86. The van der Waals surface area contributed by atoms with E-state index in [0.29, 0.717) is 12.6 Å². The fourth-order valence-electron chi connectivity index (χ4n) is 2.18. The van der Waals surface area contributed by atoms with E-state index in [1.165, 1.54) is 11.1 Å². The number of ether oxygens (including phenoxy) is 1. The van der Waals surface area contributed by atoms with E-state index in [2.05, 4.69) is 37.4 Å². The molecule has 0 aromatic heterocycles. The average Bonchev–Trinajstić information content (AvgIpc) is 2.82. The number of hydrogen-bond donors (Lipinski definition) is 2. The van der Waals surface area contributed by atoms with Gasteiger partial charge in [0.15, 0.2) is 0 Å². The van der Waals surface area contributed by atoms with Crippen molar-refractivity contribution in [3.8, 4) is 5.75 Å². The molecule has 0 saturated heterocycles. The van der Waals surface area contributed by atoms with Gasteiger partial charge in [-0.15, -0.1) is 0 Å². The van der Waals surface area contributed by atoms with Crippen molar-refractivity contribution < 1.29 is 4.74 Å². The van der Waals surface area contributed by atoms with Crippen molar-refractivity contribution >= 4 is 0 Å². The molecule has 3 nitrogen and oxygen atoms in total. The zero-order valence-corrected chi connectivity index (χ0v) is 10.7. The molecule has 1 aromatic rings. The minimum atomic E-state index is 0.246. The van der Waals surface area contributed by atoms with Gasteiger partial charge in [0.05, 0.1) is 6.61 Å². The van der Waals surface area contributed by atoms with Crippen LogP contribution >= 0.6 is 0 Å².